The molecular weight excluding hydrogens is 150 g/mol. The quantitative estimate of drug-likeness (QED) is 0.663. The fraction of sp³-hybridized carbons (Fsp3) is 0.571. The molecule has 0 atom stereocenters. The summed E-state index contributed by atoms with van der Waals surface area (Å²) in [7, 11) is 0. The van der Waals surface area contributed by atoms with Crippen LogP contribution in [0.2, 0.25) is 0 Å². The molecule has 62 valence electrons. The number of halogens is 2. The van der Waals surface area contributed by atoms with Crippen molar-refractivity contribution >= 4 is 0 Å². The van der Waals surface area contributed by atoms with E-state index in [1.807, 2.05) is 6.92 Å². The molecule has 11 heavy (non-hydrogen) atoms. The second-order valence-electron chi connectivity index (χ2n) is 2.28. The van der Waals surface area contributed by atoms with Crippen LogP contribution in [0.1, 0.15) is 25.7 Å². The lowest BCUT2D eigenvalue weighted by molar-refractivity contribution is 0.0670. The summed E-state index contributed by atoms with van der Waals surface area (Å²) in [6.45, 7) is -0.524. The average molecular weight is 160 g/mol. The first kappa shape index (κ1) is 8.17. The van der Waals surface area contributed by atoms with E-state index in [2.05, 4.69) is 4.98 Å². The van der Waals surface area contributed by atoms with Crippen LogP contribution in [0.3, 0.4) is 0 Å². The lowest BCUT2D eigenvalue weighted by atomic mass is 10.3. The Balaban J connectivity index is 2.78. The molecule has 1 heterocycles. The molecule has 2 nitrogen and oxygen atoms in total. The fourth-order valence-electron chi connectivity index (χ4n) is 0.939. The van der Waals surface area contributed by atoms with E-state index in [0.717, 1.165) is 11.0 Å². The number of aryl methyl sites for hydroxylation is 1. The summed E-state index contributed by atoms with van der Waals surface area (Å²) < 4.78 is 25.1. The maximum atomic E-state index is 12.1. The largest absolute Gasteiger partial charge is 0.319 e. The molecule has 1 aromatic rings. The van der Waals surface area contributed by atoms with Gasteiger partial charge in [-0.15, -0.1) is 0 Å². The van der Waals surface area contributed by atoms with Gasteiger partial charge in [0, 0.05) is 18.8 Å². The molecule has 0 aliphatic heterocycles. The molecule has 0 aliphatic rings. The predicted octanol–water partition coefficient (Wildman–Crippen LogP) is 2.23. The van der Waals surface area contributed by atoms with Crippen LogP contribution < -0.4 is 0 Å². The van der Waals surface area contributed by atoms with Gasteiger partial charge in [0.2, 0.25) is 0 Å². The van der Waals surface area contributed by atoms with Gasteiger partial charge in [-0.2, -0.15) is 8.78 Å². The van der Waals surface area contributed by atoms with E-state index in [0.29, 0.717) is 12.2 Å². The highest BCUT2D eigenvalue weighted by Gasteiger charge is 2.09. The van der Waals surface area contributed by atoms with Crippen molar-refractivity contribution in [1.82, 2.24) is 9.55 Å². The molecule has 1 rings (SSSR count). The fourth-order valence-corrected chi connectivity index (χ4v) is 0.939. The molecule has 1 aromatic heterocycles. The van der Waals surface area contributed by atoms with Crippen LogP contribution in [0.15, 0.2) is 12.4 Å². The summed E-state index contributed by atoms with van der Waals surface area (Å²) in [6.07, 6.45) is 4.15. The number of nitrogens with zero attached hydrogens (tertiary/aromatic N) is 2. The zero-order chi connectivity index (χ0) is 8.27. The van der Waals surface area contributed by atoms with Gasteiger partial charge in [0.25, 0.3) is 0 Å². The van der Waals surface area contributed by atoms with Gasteiger partial charge in [0.15, 0.2) is 0 Å². The summed E-state index contributed by atoms with van der Waals surface area (Å²) in [6, 6.07) is 0. The second kappa shape index (κ2) is 3.46. The van der Waals surface area contributed by atoms with E-state index < -0.39 is 6.55 Å². The van der Waals surface area contributed by atoms with E-state index in [9.17, 15) is 8.78 Å². The van der Waals surface area contributed by atoms with Crippen molar-refractivity contribution in [3.63, 3.8) is 0 Å². The first-order chi connectivity index (χ1) is 5.25. The number of alkyl halides is 2. The molecule has 0 spiro atoms. The smallest absolute Gasteiger partial charge is 0.278 e. The third-order valence-electron chi connectivity index (χ3n) is 1.43. The lowest BCUT2D eigenvalue weighted by Gasteiger charge is -2.03. The Morgan fingerprint density at radius 2 is 2.36 bits per heavy atom. The Bertz CT molecular complexity index is 220. The van der Waals surface area contributed by atoms with Crippen molar-refractivity contribution < 1.29 is 8.78 Å². The molecule has 0 amide bonds. The monoisotopic (exact) mass is 160 g/mol. The molecule has 0 radical (unpaired) electrons. The van der Waals surface area contributed by atoms with Crippen molar-refractivity contribution in [1.29, 1.82) is 0 Å². The molecule has 0 bridgehead atoms. The van der Waals surface area contributed by atoms with Gasteiger partial charge in [0.05, 0.1) is 0 Å². The predicted molar refractivity (Wildman–Crippen MR) is 37.5 cm³/mol. The summed E-state index contributed by atoms with van der Waals surface area (Å²) >= 11 is 0. The number of aromatic nitrogens is 2. The number of hydrogen-bond acceptors (Lipinski definition) is 1. The minimum Gasteiger partial charge on any atom is -0.278 e. The van der Waals surface area contributed by atoms with E-state index in [1.54, 1.807) is 0 Å². The molecule has 0 aliphatic carbocycles. The normalized spacial score (nSPS) is 10.9. The topological polar surface area (TPSA) is 17.8 Å². The summed E-state index contributed by atoms with van der Waals surface area (Å²) in [5.74, 6) is 0.461. The van der Waals surface area contributed by atoms with Crippen LogP contribution >= 0.6 is 0 Å². The summed E-state index contributed by atoms with van der Waals surface area (Å²) in [5, 5.41) is 0. The molecule has 0 fully saturated rings. The van der Waals surface area contributed by atoms with Gasteiger partial charge in [-0.05, 0) is 6.42 Å². The second-order valence-corrected chi connectivity index (χ2v) is 2.28. The number of imidazole rings is 1. The van der Waals surface area contributed by atoms with Crippen LogP contribution in [0.25, 0.3) is 0 Å². The zero-order valence-electron chi connectivity index (χ0n) is 6.30. The van der Waals surface area contributed by atoms with Crippen molar-refractivity contribution in [3.05, 3.63) is 18.2 Å². The summed E-state index contributed by atoms with van der Waals surface area (Å²) in [5.41, 5.74) is 0. The Morgan fingerprint density at radius 1 is 1.64 bits per heavy atom. The first-order valence-electron chi connectivity index (χ1n) is 3.55. The number of hydrogen-bond donors (Lipinski definition) is 0. The van der Waals surface area contributed by atoms with Crippen LogP contribution in [-0.4, -0.2) is 9.55 Å². The van der Waals surface area contributed by atoms with Gasteiger partial charge < -0.3 is 0 Å². The minimum absolute atomic E-state index is 0.461. The molecule has 0 aromatic carbocycles. The molecule has 4 heteroatoms. The lowest BCUT2D eigenvalue weighted by Crippen LogP contribution is -2.02. The number of rotatable bonds is 3. The van der Waals surface area contributed by atoms with Crippen LogP contribution in [-0.2, 0) is 6.42 Å². The van der Waals surface area contributed by atoms with Gasteiger partial charge in [-0.3, -0.25) is 4.57 Å². The van der Waals surface area contributed by atoms with E-state index >= 15 is 0 Å². The van der Waals surface area contributed by atoms with Crippen molar-refractivity contribution in [2.75, 3.05) is 0 Å². The van der Waals surface area contributed by atoms with E-state index in [1.165, 1.54) is 12.4 Å². The molecule has 0 unspecified atom stereocenters. The Kier molecular flexibility index (Phi) is 2.57. The van der Waals surface area contributed by atoms with Crippen LogP contribution in [0, 0.1) is 0 Å². The Labute approximate surface area is 63.9 Å². The molecule has 0 saturated heterocycles. The standard InChI is InChI=1S/C7H10F2N2/c1-2-3-6-10-4-5-11(6)7(8)9/h4-5,7H,2-3H2,1H3. The highest BCUT2D eigenvalue weighted by Crippen LogP contribution is 2.12. The molecule has 0 saturated carbocycles. The van der Waals surface area contributed by atoms with Crippen molar-refractivity contribution in [2.24, 2.45) is 0 Å². The van der Waals surface area contributed by atoms with Gasteiger partial charge >= 0.3 is 6.55 Å². The van der Waals surface area contributed by atoms with Gasteiger partial charge in [-0.25, -0.2) is 4.98 Å². The summed E-state index contributed by atoms with van der Waals surface area (Å²) in [4.78, 5) is 3.81. The van der Waals surface area contributed by atoms with E-state index in [-0.39, 0.29) is 0 Å². The van der Waals surface area contributed by atoms with E-state index in [4.69, 9.17) is 0 Å². The average Bonchev–Trinajstić information content (AvgIpc) is 2.36. The van der Waals surface area contributed by atoms with Crippen molar-refractivity contribution in [3.8, 4) is 0 Å². The van der Waals surface area contributed by atoms with Gasteiger partial charge in [0.1, 0.15) is 5.82 Å². The highest BCUT2D eigenvalue weighted by molar-refractivity contribution is 4.92. The van der Waals surface area contributed by atoms with Crippen LogP contribution in [0.5, 0.6) is 0 Å². The third-order valence-corrected chi connectivity index (χ3v) is 1.43. The SMILES string of the molecule is CCCc1nccn1C(F)F. The van der Waals surface area contributed by atoms with Crippen molar-refractivity contribution in [2.45, 2.75) is 26.3 Å². The zero-order valence-corrected chi connectivity index (χ0v) is 6.30. The first-order valence-corrected chi connectivity index (χ1v) is 3.55. The molecule has 0 N–H and O–H groups in total. The Morgan fingerprint density at radius 3 is 2.91 bits per heavy atom. The highest BCUT2D eigenvalue weighted by atomic mass is 19.3. The third kappa shape index (κ3) is 1.76. The van der Waals surface area contributed by atoms with Gasteiger partial charge in [-0.1, -0.05) is 6.92 Å². The Hall–Kier alpha value is -0.930. The maximum absolute atomic E-state index is 12.1. The van der Waals surface area contributed by atoms with Crippen LogP contribution in [0.4, 0.5) is 8.78 Å². The molecular formula is C7H10F2N2. The minimum atomic E-state index is -2.46. The maximum Gasteiger partial charge on any atom is 0.319 e.